The van der Waals surface area contributed by atoms with E-state index in [-0.39, 0.29) is 5.92 Å². The largest absolute Gasteiger partial charge is 0.311 e. The predicted molar refractivity (Wildman–Crippen MR) is 244 cm³/mol. The molecule has 2 atom stereocenters. The second-order valence-electron chi connectivity index (χ2n) is 15.0. The Morgan fingerprint density at radius 1 is 0.373 bits per heavy atom. The summed E-state index contributed by atoms with van der Waals surface area (Å²) in [6.07, 6.45) is 15.4. The minimum Gasteiger partial charge on any atom is -0.311 e. The molecule has 0 saturated heterocycles. The summed E-state index contributed by atoms with van der Waals surface area (Å²) in [6, 6.07) is 59.0. The third-order valence-corrected chi connectivity index (χ3v) is 11.4. The summed E-state index contributed by atoms with van der Waals surface area (Å²) in [5, 5.41) is 2.32. The fourth-order valence-electron chi connectivity index (χ4n) is 8.54. The first-order chi connectivity index (χ1) is 29.2. The molecule has 11 rings (SSSR count). The number of para-hydroxylation sites is 5. The number of benzene rings is 7. The van der Waals surface area contributed by atoms with Crippen molar-refractivity contribution < 1.29 is 0 Å². The summed E-state index contributed by atoms with van der Waals surface area (Å²) in [5.41, 5.74) is 14.4. The zero-order chi connectivity index (χ0) is 39.1. The van der Waals surface area contributed by atoms with Crippen molar-refractivity contribution in [3.05, 3.63) is 218 Å². The molecule has 5 heteroatoms. The van der Waals surface area contributed by atoms with E-state index < -0.39 is 0 Å². The number of fused-ring (bicyclic) bond motifs is 4. The molecule has 2 heterocycles. The molecule has 0 fully saturated rings. The summed E-state index contributed by atoms with van der Waals surface area (Å²) in [6.45, 7) is 0. The zero-order valence-electron chi connectivity index (χ0n) is 32.1. The number of aromatic nitrogens is 4. The summed E-state index contributed by atoms with van der Waals surface area (Å²) in [5.74, 6) is 0.506. The summed E-state index contributed by atoms with van der Waals surface area (Å²) < 4.78 is 0. The normalized spacial score (nSPS) is 15.7. The number of hydrogen-bond acceptors (Lipinski definition) is 5. The molecule has 0 saturated carbocycles. The van der Waals surface area contributed by atoms with E-state index in [2.05, 4.69) is 169 Å². The van der Waals surface area contributed by atoms with E-state index in [1.165, 1.54) is 11.0 Å². The van der Waals surface area contributed by atoms with Gasteiger partial charge in [-0.15, -0.1) is 0 Å². The van der Waals surface area contributed by atoms with Gasteiger partial charge >= 0.3 is 0 Å². The minimum absolute atomic E-state index is 0.207. The molecular formula is C54H37N5. The van der Waals surface area contributed by atoms with Crippen molar-refractivity contribution in [3.63, 3.8) is 0 Å². The van der Waals surface area contributed by atoms with Gasteiger partial charge in [0.1, 0.15) is 0 Å². The number of allylic oxidation sites excluding steroid dienone is 8. The first-order valence-corrected chi connectivity index (χ1v) is 20.1. The maximum atomic E-state index is 5.27. The van der Waals surface area contributed by atoms with Crippen LogP contribution in [0.3, 0.4) is 0 Å². The van der Waals surface area contributed by atoms with Gasteiger partial charge in [-0.25, -0.2) is 19.9 Å². The zero-order valence-corrected chi connectivity index (χ0v) is 32.1. The molecule has 59 heavy (non-hydrogen) atoms. The van der Waals surface area contributed by atoms with Gasteiger partial charge in [0.25, 0.3) is 0 Å². The first-order valence-electron chi connectivity index (χ1n) is 20.1. The van der Waals surface area contributed by atoms with Crippen LogP contribution in [-0.2, 0) is 0 Å². The lowest BCUT2D eigenvalue weighted by molar-refractivity contribution is 0.675. The van der Waals surface area contributed by atoms with Crippen LogP contribution in [0.5, 0.6) is 0 Å². The minimum atomic E-state index is 0.207. The van der Waals surface area contributed by atoms with Crippen molar-refractivity contribution in [3.8, 4) is 33.8 Å². The molecule has 9 aromatic rings. The van der Waals surface area contributed by atoms with Crippen LogP contribution in [-0.4, -0.2) is 19.9 Å². The maximum Gasteiger partial charge on any atom is 0.0979 e. The summed E-state index contributed by atoms with van der Waals surface area (Å²) >= 11 is 0. The van der Waals surface area contributed by atoms with Gasteiger partial charge in [0, 0.05) is 45.6 Å². The molecular weight excluding hydrogens is 719 g/mol. The number of hydrogen-bond donors (Lipinski definition) is 0. The van der Waals surface area contributed by atoms with E-state index in [4.69, 9.17) is 19.9 Å². The molecule has 0 spiro atoms. The highest BCUT2D eigenvalue weighted by molar-refractivity contribution is 6.00. The van der Waals surface area contributed by atoms with Crippen molar-refractivity contribution in [1.82, 2.24) is 19.9 Å². The van der Waals surface area contributed by atoms with Crippen LogP contribution in [0, 0.1) is 11.8 Å². The SMILES string of the molecule is C1=CC2C=CC=C(c3nc4ccccc4nc3-c3ccc(N(c4ccccc4)c4ccc(-c5nc6ccccc6nc5-c5cccc6ccccc56)cc4)cc3)C2C=C1. The second-order valence-corrected chi connectivity index (χ2v) is 15.0. The molecule has 0 amide bonds. The van der Waals surface area contributed by atoms with Crippen LogP contribution in [0.1, 0.15) is 5.69 Å². The van der Waals surface area contributed by atoms with Crippen molar-refractivity contribution in [2.45, 2.75) is 0 Å². The molecule has 2 unspecified atom stereocenters. The Morgan fingerprint density at radius 3 is 1.53 bits per heavy atom. The summed E-state index contributed by atoms with van der Waals surface area (Å²) in [4.78, 5) is 23.3. The van der Waals surface area contributed by atoms with Gasteiger partial charge < -0.3 is 4.90 Å². The highest BCUT2D eigenvalue weighted by Crippen LogP contribution is 2.42. The first kappa shape index (κ1) is 34.5. The van der Waals surface area contributed by atoms with Gasteiger partial charge in [0.2, 0.25) is 0 Å². The van der Waals surface area contributed by atoms with Gasteiger partial charge in [-0.1, -0.05) is 152 Å². The molecule has 5 nitrogen and oxygen atoms in total. The Morgan fingerprint density at radius 2 is 0.864 bits per heavy atom. The van der Waals surface area contributed by atoms with Gasteiger partial charge in [-0.3, -0.25) is 0 Å². The van der Waals surface area contributed by atoms with Gasteiger partial charge in [0.15, 0.2) is 0 Å². The van der Waals surface area contributed by atoms with Crippen molar-refractivity contribution in [2.24, 2.45) is 11.8 Å². The molecule has 7 aromatic carbocycles. The van der Waals surface area contributed by atoms with Crippen LogP contribution in [0.15, 0.2) is 212 Å². The molecule has 0 N–H and O–H groups in total. The van der Waals surface area contributed by atoms with Crippen molar-refractivity contribution in [2.75, 3.05) is 4.90 Å². The monoisotopic (exact) mass is 755 g/mol. The van der Waals surface area contributed by atoms with Crippen LogP contribution in [0.2, 0.25) is 0 Å². The van der Waals surface area contributed by atoms with Crippen LogP contribution >= 0.6 is 0 Å². The lowest BCUT2D eigenvalue weighted by Crippen LogP contribution is -2.16. The second kappa shape index (κ2) is 14.6. The van der Waals surface area contributed by atoms with Crippen LogP contribution < -0.4 is 4.90 Å². The average Bonchev–Trinajstić information content (AvgIpc) is 3.31. The Labute approximate surface area is 342 Å². The smallest absolute Gasteiger partial charge is 0.0979 e. The third kappa shape index (κ3) is 6.30. The lowest BCUT2D eigenvalue weighted by atomic mass is 9.77. The van der Waals surface area contributed by atoms with E-state index in [9.17, 15) is 0 Å². The Hall–Kier alpha value is -7.76. The highest BCUT2D eigenvalue weighted by atomic mass is 15.1. The van der Waals surface area contributed by atoms with Gasteiger partial charge in [-0.05, 0) is 77.0 Å². The maximum absolute atomic E-state index is 5.27. The Bertz CT molecular complexity index is 3160. The molecule has 2 aliphatic rings. The topological polar surface area (TPSA) is 54.8 Å². The van der Waals surface area contributed by atoms with Crippen molar-refractivity contribution in [1.29, 1.82) is 0 Å². The van der Waals surface area contributed by atoms with E-state index in [1.807, 2.05) is 48.5 Å². The van der Waals surface area contributed by atoms with Crippen LogP contribution in [0.25, 0.3) is 72.2 Å². The molecule has 278 valence electrons. The van der Waals surface area contributed by atoms with Gasteiger partial charge in [0.05, 0.1) is 44.8 Å². The van der Waals surface area contributed by atoms with E-state index in [1.54, 1.807) is 0 Å². The molecule has 0 aliphatic heterocycles. The fourth-order valence-corrected chi connectivity index (χ4v) is 8.54. The summed E-state index contributed by atoms with van der Waals surface area (Å²) in [7, 11) is 0. The standard InChI is InChI=1S/C54H37N5/c1-2-18-40(19-3-1)59(41-32-28-38(29-33-41)51-53(57-49-26-10-8-24-47(49)55-51)45-22-12-16-36-14-4-6-20-43(36)45)42-34-30-39(31-35-42)52-54(58-50-27-11-9-25-48(50)56-52)46-23-13-17-37-15-5-7-21-44(37)46/h1-36,43H. The Kier molecular flexibility index (Phi) is 8.55. The number of nitrogens with zero attached hydrogens (tertiary/aromatic N) is 5. The third-order valence-electron chi connectivity index (χ3n) is 11.4. The number of rotatable bonds is 7. The quantitative estimate of drug-likeness (QED) is 0.162. The highest BCUT2D eigenvalue weighted by Gasteiger charge is 2.28. The van der Waals surface area contributed by atoms with Crippen molar-refractivity contribution >= 4 is 55.5 Å². The molecule has 0 bridgehead atoms. The Balaban J connectivity index is 0.998. The van der Waals surface area contributed by atoms with E-state index in [0.29, 0.717) is 5.92 Å². The van der Waals surface area contributed by atoms with E-state index in [0.717, 1.165) is 84.0 Å². The fraction of sp³-hybridized carbons (Fsp3) is 0.0370. The average molecular weight is 756 g/mol. The van der Waals surface area contributed by atoms with Crippen LogP contribution in [0.4, 0.5) is 17.1 Å². The molecule has 0 radical (unpaired) electrons. The van der Waals surface area contributed by atoms with E-state index >= 15 is 0 Å². The predicted octanol–water partition coefficient (Wildman–Crippen LogP) is 13.5. The molecule has 2 aliphatic carbocycles. The number of anilines is 3. The van der Waals surface area contributed by atoms with Gasteiger partial charge in [-0.2, -0.15) is 0 Å². The lowest BCUT2D eigenvalue weighted by Gasteiger charge is -2.28. The molecule has 2 aromatic heterocycles.